The molecule has 0 unspecified atom stereocenters. The van der Waals surface area contributed by atoms with Gasteiger partial charge in [0.05, 0.1) is 29.0 Å². The van der Waals surface area contributed by atoms with Crippen LogP contribution < -0.4 is 5.32 Å². The molecule has 1 aromatic carbocycles. The van der Waals surface area contributed by atoms with Gasteiger partial charge in [0.1, 0.15) is 0 Å². The number of thioether (sulfide) groups is 1. The quantitative estimate of drug-likeness (QED) is 0.568. The van der Waals surface area contributed by atoms with Gasteiger partial charge in [-0.2, -0.15) is 13.2 Å². The summed E-state index contributed by atoms with van der Waals surface area (Å²) in [6.45, 7) is 3.30. The predicted octanol–water partition coefficient (Wildman–Crippen LogP) is 3.32. The highest BCUT2D eigenvalue weighted by Gasteiger charge is 2.31. The molecule has 1 N–H and O–H groups in total. The van der Waals surface area contributed by atoms with Gasteiger partial charge in [-0.3, -0.25) is 4.79 Å². The maximum Gasteiger partial charge on any atom is 0.416 e. The molecule has 0 atom stereocenters. The Labute approximate surface area is 147 Å². The lowest BCUT2D eigenvalue weighted by molar-refractivity contribution is -0.137. The number of ether oxygens (including phenoxy) is 1. The summed E-state index contributed by atoms with van der Waals surface area (Å²) >= 11 is 1.21. The van der Waals surface area contributed by atoms with E-state index in [1.165, 1.54) is 17.8 Å². The second-order valence-corrected chi connectivity index (χ2v) is 6.32. The first-order valence-corrected chi connectivity index (χ1v) is 8.81. The summed E-state index contributed by atoms with van der Waals surface area (Å²) in [7, 11) is 1.54. The number of amides is 1. The highest BCUT2D eigenvalue weighted by atomic mass is 32.2. The van der Waals surface area contributed by atoms with Crippen molar-refractivity contribution in [3.05, 3.63) is 23.8 Å². The first-order valence-electron chi connectivity index (χ1n) is 7.82. The van der Waals surface area contributed by atoms with E-state index in [9.17, 15) is 18.0 Å². The maximum absolute atomic E-state index is 12.9. The van der Waals surface area contributed by atoms with Crippen LogP contribution in [0.1, 0.15) is 18.9 Å². The summed E-state index contributed by atoms with van der Waals surface area (Å²) < 4.78 is 45.4. The number of aryl methyl sites for hydroxylation is 1. The zero-order chi connectivity index (χ0) is 18.4. The Kier molecular flexibility index (Phi) is 6.71. The second kappa shape index (κ2) is 8.57. The molecule has 0 radical (unpaired) electrons. The van der Waals surface area contributed by atoms with Gasteiger partial charge < -0.3 is 14.6 Å². The number of hydrogen-bond donors (Lipinski definition) is 1. The van der Waals surface area contributed by atoms with E-state index in [2.05, 4.69) is 10.3 Å². The van der Waals surface area contributed by atoms with Crippen LogP contribution in [-0.4, -0.2) is 41.5 Å². The summed E-state index contributed by atoms with van der Waals surface area (Å²) in [5.74, 6) is -0.0313. The number of imidazole rings is 1. The van der Waals surface area contributed by atoms with Crippen molar-refractivity contribution in [2.24, 2.45) is 0 Å². The molecule has 5 nitrogen and oxygen atoms in total. The van der Waals surface area contributed by atoms with E-state index >= 15 is 0 Å². The lowest BCUT2D eigenvalue weighted by atomic mass is 10.2. The Hall–Kier alpha value is -1.74. The van der Waals surface area contributed by atoms with Crippen molar-refractivity contribution in [2.75, 3.05) is 26.0 Å². The molecule has 0 saturated carbocycles. The molecule has 2 rings (SSSR count). The fraction of sp³-hybridized carbons (Fsp3) is 0.500. The van der Waals surface area contributed by atoms with E-state index in [1.54, 1.807) is 11.7 Å². The third-order valence-corrected chi connectivity index (χ3v) is 4.42. The van der Waals surface area contributed by atoms with E-state index in [0.717, 1.165) is 18.6 Å². The largest absolute Gasteiger partial charge is 0.416 e. The van der Waals surface area contributed by atoms with Crippen molar-refractivity contribution < 1.29 is 22.7 Å². The molecule has 0 aliphatic heterocycles. The minimum absolute atomic E-state index is 0.142. The van der Waals surface area contributed by atoms with Crippen LogP contribution >= 0.6 is 11.8 Å². The lowest BCUT2D eigenvalue weighted by Crippen LogP contribution is -2.28. The Bertz CT molecular complexity index is 731. The molecule has 0 fully saturated rings. The van der Waals surface area contributed by atoms with Crippen LogP contribution in [0.4, 0.5) is 13.2 Å². The number of alkyl halides is 3. The summed E-state index contributed by atoms with van der Waals surface area (Å²) in [6.07, 6.45) is -3.65. The van der Waals surface area contributed by atoms with E-state index < -0.39 is 11.7 Å². The molecule has 0 bridgehead atoms. The monoisotopic (exact) mass is 375 g/mol. The third-order valence-electron chi connectivity index (χ3n) is 3.45. The maximum atomic E-state index is 12.9. The number of aromatic nitrogens is 2. The van der Waals surface area contributed by atoms with Gasteiger partial charge in [-0.05, 0) is 24.6 Å². The van der Waals surface area contributed by atoms with Crippen molar-refractivity contribution in [1.82, 2.24) is 14.9 Å². The molecule has 25 heavy (non-hydrogen) atoms. The number of rotatable bonds is 8. The van der Waals surface area contributed by atoms with Crippen molar-refractivity contribution in [1.29, 1.82) is 0 Å². The molecular formula is C16H20F3N3O2S. The number of nitrogens with zero attached hydrogens (tertiary/aromatic N) is 2. The van der Waals surface area contributed by atoms with E-state index in [4.69, 9.17) is 4.74 Å². The molecule has 9 heteroatoms. The normalized spacial score (nSPS) is 11.9. The van der Waals surface area contributed by atoms with Crippen LogP contribution in [-0.2, 0) is 22.3 Å². The van der Waals surface area contributed by atoms with Gasteiger partial charge in [-0.15, -0.1) is 0 Å². The molecule has 1 aromatic heterocycles. The second-order valence-electron chi connectivity index (χ2n) is 5.38. The number of nitrogens with one attached hydrogen (secondary N) is 1. The van der Waals surface area contributed by atoms with Crippen LogP contribution in [0.5, 0.6) is 0 Å². The summed E-state index contributed by atoms with van der Waals surface area (Å²) in [4.78, 5) is 16.2. The van der Waals surface area contributed by atoms with Crippen LogP contribution in [0, 0.1) is 0 Å². The number of methoxy groups -OCH3 is 1. The molecule has 0 aliphatic rings. The molecule has 0 saturated heterocycles. The summed E-state index contributed by atoms with van der Waals surface area (Å²) in [6, 6.07) is 3.51. The average Bonchev–Trinajstić information content (AvgIpc) is 2.90. The number of benzene rings is 1. The van der Waals surface area contributed by atoms with Gasteiger partial charge in [0.25, 0.3) is 0 Å². The Morgan fingerprint density at radius 3 is 2.80 bits per heavy atom. The number of carbonyl (C=O) groups is 1. The minimum Gasteiger partial charge on any atom is -0.383 e. The number of fused-ring (bicyclic) bond motifs is 1. The predicted molar refractivity (Wildman–Crippen MR) is 90.6 cm³/mol. The van der Waals surface area contributed by atoms with Gasteiger partial charge in [-0.25, -0.2) is 4.98 Å². The van der Waals surface area contributed by atoms with Crippen LogP contribution in [0.2, 0.25) is 0 Å². The number of carbonyl (C=O) groups excluding carboxylic acids is 1. The Morgan fingerprint density at radius 2 is 2.16 bits per heavy atom. The van der Waals surface area contributed by atoms with Crippen LogP contribution in [0.3, 0.4) is 0 Å². The minimum atomic E-state index is -4.40. The van der Waals surface area contributed by atoms with E-state index in [-0.39, 0.29) is 11.7 Å². The highest BCUT2D eigenvalue weighted by Crippen LogP contribution is 2.33. The van der Waals surface area contributed by atoms with Crippen LogP contribution in [0.25, 0.3) is 11.0 Å². The average molecular weight is 375 g/mol. The van der Waals surface area contributed by atoms with Crippen molar-refractivity contribution in [3.8, 4) is 0 Å². The zero-order valence-corrected chi connectivity index (χ0v) is 14.8. The fourth-order valence-corrected chi connectivity index (χ4v) is 3.17. The smallest absolute Gasteiger partial charge is 0.383 e. The van der Waals surface area contributed by atoms with Gasteiger partial charge in [0.15, 0.2) is 5.16 Å². The molecule has 138 valence electrons. The van der Waals surface area contributed by atoms with Crippen molar-refractivity contribution in [3.63, 3.8) is 0 Å². The molecule has 0 spiro atoms. The first-order chi connectivity index (χ1) is 11.9. The van der Waals surface area contributed by atoms with E-state index in [0.29, 0.717) is 35.9 Å². The summed E-state index contributed by atoms with van der Waals surface area (Å²) in [5, 5.41) is 3.24. The van der Waals surface area contributed by atoms with Crippen LogP contribution in [0.15, 0.2) is 23.4 Å². The van der Waals surface area contributed by atoms with Gasteiger partial charge in [0, 0.05) is 20.2 Å². The molecular weight excluding hydrogens is 355 g/mol. The molecule has 2 aromatic rings. The zero-order valence-electron chi connectivity index (χ0n) is 14.0. The highest BCUT2D eigenvalue weighted by molar-refractivity contribution is 7.99. The van der Waals surface area contributed by atoms with Gasteiger partial charge in [0.2, 0.25) is 5.91 Å². The number of hydrogen-bond acceptors (Lipinski definition) is 4. The first kappa shape index (κ1) is 19.6. The molecule has 1 amide bonds. The van der Waals surface area contributed by atoms with Gasteiger partial charge in [-0.1, -0.05) is 18.7 Å². The molecule has 0 aliphatic carbocycles. The third kappa shape index (κ3) is 5.12. The Morgan fingerprint density at radius 1 is 1.40 bits per heavy atom. The SMILES string of the molecule is CCCn1c(SCC(=O)NCCOC)nc2ccc(C(F)(F)F)cc21. The van der Waals surface area contributed by atoms with Crippen molar-refractivity contribution >= 4 is 28.7 Å². The lowest BCUT2D eigenvalue weighted by Gasteiger charge is -2.09. The standard InChI is InChI=1S/C16H20F3N3O2S/c1-3-7-22-13-9-11(16(17,18)19)4-5-12(13)21-15(22)25-10-14(23)20-6-8-24-2/h4-5,9H,3,6-8,10H2,1-2H3,(H,20,23). The molecule has 1 heterocycles. The van der Waals surface area contributed by atoms with Gasteiger partial charge >= 0.3 is 6.18 Å². The fourth-order valence-electron chi connectivity index (χ4n) is 2.30. The van der Waals surface area contributed by atoms with Crippen molar-refractivity contribution in [2.45, 2.75) is 31.2 Å². The number of halogens is 3. The Balaban J connectivity index is 2.21. The van der Waals surface area contributed by atoms with E-state index in [1.807, 2.05) is 6.92 Å². The topological polar surface area (TPSA) is 56.2 Å². The summed E-state index contributed by atoms with van der Waals surface area (Å²) in [5.41, 5.74) is 0.216.